The van der Waals surface area contributed by atoms with Gasteiger partial charge in [-0.05, 0) is 6.92 Å². The van der Waals surface area contributed by atoms with Crippen molar-refractivity contribution in [3.8, 4) is 0 Å². The second kappa shape index (κ2) is 8.34. The summed E-state index contributed by atoms with van der Waals surface area (Å²) in [5, 5.41) is 21.5. The number of amides is 2. The number of rotatable bonds is 7. The van der Waals surface area contributed by atoms with Crippen molar-refractivity contribution in [3.63, 3.8) is 0 Å². The molecule has 17 heavy (non-hydrogen) atoms. The van der Waals surface area contributed by atoms with Crippen molar-refractivity contribution in [2.75, 3.05) is 19.8 Å². The van der Waals surface area contributed by atoms with Crippen molar-refractivity contribution >= 4 is 18.0 Å². The van der Waals surface area contributed by atoms with Crippen molar-refractivity contribution in [3.05, 3.63) is 0 Å². The largest absolute Gasteiger partial charge is 0.480 e. The van der Waals surface area contributed by atoms with E-state index >= 15 is 0 Å². The van der Waals surface area contributed by atoms with Gasteiger partial charge >= 0.3 is 18.0 Å². The third-order valence-electron chi connectivity index (χ3n) is 1.72. The van der Waals surface area contributed by atoms with Gasteiger partial charge in [-0.15, -0.1) is 0 Å². The van der Waals surface area contributed by atoms with E-state index in [1.54, 1.807) is 6.92 Å². The molecule has 8 heteroatoms. The summed E-state index contributed by atoms with van der Waals surface area (Å²) in [4.78, 5) is 32.7. The summed E-state index contributed by atoms with van der Waals surface area (Å²) >= 11 is 0. The Balaban J connectivity index is 3.98. The first-order chi connectivity index (χ1) is 8.01. The predicted molar refractivity (Wildman–Crippen MR) is 56.3 cm³/mol. The summed E-state index contributed by atoms with van der Waals surface area (Å²) in [6.07, 6.45) is -0.109. The molecule has 0 aliphatic heterocycles. The average molecular weight is 248 g/mol. The second-order valence-electron chi connectivity index (χ2n) is 3.04. The number of aliphatic hydroxyl groups is 1. The zero-order valence-corrected chi connectivity index (χ0v) is 9.43. The van der Waals surface area contributed by atoms with E-state index in [2.05, 4.69) is 15.4 Å². The predicted octanol–water partition coefficient (Wildman–Crippen LogP) is -1.32. The molecule has 0 bridgehead atoms. The molecule has 0 unspecified atom stereocenters. The number of carbonyl (C=O) groups is 3. The maximum atomic E-state index is 11.2. The summed E-state index contributed by atoms with van der Waals surface area (Å²) < 4.78 is 4.55. The first kappa shape index (κ1) is 15.2. The number of carboxylic acid groups (broad SMARTS) is 1. The van der Waals surface area contributed by atoms with Crippen LogP contribution in [-0.4, -0.2) is 54.0 Å². The van der Waals surface area contributed by atoms with Crippen LogP contribution in [0.4, 0.5) is 4.79 Å². The van der Waals surface area contributed by atoms with Gasteiger partial charge in [-0.25, -0.2) is 9.59 Å². The standard InChI is InChI=1S/C9H16N2O6/c1-2-17-7(13)5-10-9(16)11-6(3-4-12)8(14)15/h6,12H,2-5H2,1H3,(H,14,15)(H2,10,11,16)/t6-/m0/s1. The molecule has 0 rings (SSSR count). The Morgan fingerprint density at radius 1 is 1.35 bits per heavy atom. The van der Waals surface area contributed by atoms with Crippen molar-refractivity contribution in [1.29, 1.82) is 0 Å². The van der Waals surface area contributed by atoms with Crippen molar-refractivity contribution < 1.29 is 29.3 Å². The highest BCUT2D eigenvalue weighted by atomic mass is 16.5. The Labute approximate surface area is 97.9 Å². The second-order valence-corrected chi connectivity index (χ2v) is 3.04. The van der Waals surface area contributed by atoms with Gasteiger partial charge in [-0.2, -0.15) is 0 Å². The highest BCUT2D eigenvalue weighted by molar-refractivity contribution is 5.84. The molecule has 0 aromatic heterocycles. The lowest BCUT2D eigenvalue weighted by Gasteiger charge is -2.13. The number of aliphatic hydroxyl groups excluding tert-OH is 1. The Kier molecular flexibility index (Phi) is 7.44. The first-order valence-corrected chi connectivity index (χ1v) is 5.04. The molecule has 0 radical (unpaired) electrons. The monoisotopic (exact) mass is 248 g/mol. The molecule has 0 saturated heterocycles. The molecule has 0 aromatic rings. The topological polar surface area (TPSA) is 125 Å². The summed E-state index contributed by atoms with van der Waals surface area (Å²) in [5.74, 6) is -1.87. The fraction of sp³-hybridized carbons (Fsp3) is 0.667. The van der Waals surface area contributed by atoms with E-state index in [0.717, 1.165) is 0 Å². The molecule has 0 aliphatic rings. The van der Waals surface area contributed by atoms with Crippen LogP contribution < -0.4 is 10.6 Å². The highest BCUT2D eigenvalue weighted by Crippen LogP contribution is 1.90. The summed E-state index contributed by atoms with van der Waals surface area (Å²) in [6.45, 7) is 1.12. The van der Waals surface area contributed by atoms with Gasteiger partial charge in [-0.3, -0.25) is 4.79 Å². The van der Waals surface area contributed by atoms with Crippen LogP contribution in [0.5, 0.6) is 0 Å². The molecule has 0 aliphatic carbocycles. The Morgan fingerprint density at radius 2 is 2.00 bits per heavy atom. The van der Waals surface area contributed by atoms with Gasteiger partial charge < -0.3 is 25.6 Å². The summed E-state index contributed by atoms with van der Waals surface area (Å²) in [7, 11) is 0. The number of nitrogens with one attached hydrogen (secondary N) is 2. The van der Waals surface area contributed by atoms with Crippen LogP contribution >= 0.6 is 0 Å². The van der Waals surface area contributed by atoms with Gasteiger partial charge in [0.2, 0.25) is 0 Å². The quantitative estimate of drug-likeness (QED) is 0.414. The number of urea groups is 1. The molecule has 0 saturated carbocycles. The Bertz CT molecular complexity index is 281. The van der Waals surface area contributed by atoms with Crippen LogP contribution in [0, 0.1) is 0 Å². The van der Waals surface area contributed by atoms with Gasteiger partial charge in [0.15, 0.2) is 0 Å². The zero-order chi connectivity index (χ0) is 13.3. The number of carboxylic acids is 1. The normalized spacial score (nSPS) is 11.4. The van der Waals surface area contributed by atoms with Crippen LogP contribution in [0.25, 0.3) is 0 Å². The summed E-state index contributed by atoms with van der Waals surface area (Å²) in [5.41, 5.74) is 0. The van der Waals surface area contributed by atoms with Crippen LogP contribution in [0.1, 0.15) is 13.3 Å². The van der Waals surface area contributed by atoms with Gasteiger partial charge in [-0.1, -0.05) is 0 Å². The molecule has 1 atom stereocenters. The Hall–Kier alpha value is -1.83. The lowest BCUT2D eigenvalue weighted by molar-refractivity contribution is -0.141. The number of aliphatic carboxylic acids is 1. The molecule has 4 N–H and O–H groups in total. The van der Waals surface area contributed by atoms with Gasteiger partial charge in [0.1, 0.15) is 12.6 Å². The minimum atomic E-state index is -1.26. The van der Waals surface area contributed by atoms with E-state index in [0.29, 0.717) is 0 Å². The van der Waals surface area contributed by atoms with Crippen LogP contribution in [0.3, 0.4) is 0 Å². The maximum absolute atomic E-state index is 11.2. The molecular weight excluding hydrogens is 232 g/mol. The van der Waals surface area contributed by atoms with Crippen LogP contribution in [0.15, 0.2) is 0 Å². The molecular formula is C9H16N2O6. The average Bonchev–Trinajstić information content (AvgIpc) is 2.26. The van der Waals surface area contributed by atoms with E-state index in [1.807, 2.05) is 0 Å². The number of hydrogen-bond acceptors (Lipinski definition) is 5. The molecule has 8 nitrogen and oxygen atoms in total. The lowest BCUT2D eigenvalue weighted by Crippen LogP contribution is -2.47. The molecule has 0 fully saturated rings. The van der Waals surface area contributed by atoms with Crippen LogP contribution in [-0.2, 0) is 14.3 Å². The maximum Gasteiger partial charge on any atom is 0.326 e. The zero-order valence-electron chi connectivity index (χ0n) is 9.43. The van der Waals surface area contributed by atoms with Crippen LogP contribution in [0.2, 0.25) is 0 Å². The van der Waals surface area contributed by atoms with Crippen molar-refractivity contribution in [1.82, 2.24) is 10.6 Å². The smallest absolute Gasteiger partial charge is 0.326 e. The fourth-order valence-electron chi connectivity index (χ4n) is 0.960. The molecule has 0 heterocycles. The van der Waals surface area contributed by atoms with Gasteiger partial charge in [0.05, 0.1) is 6.61 Å². The summed E-state index contributed by atoms with van der Waals surface area (Å²) in [6, 6.07) is -2.00. The number of carbonyl (C=O) groups excluding carboxylic acids is 2. The number of hydrogen-bond donors (Lipinski definition) is 4. The number of ether oxygens (including phenoxy) is 1. The van der Waals surface area contributed by atoms with E-state index in [9.17, 15) is 14.4 Å². The minimum absolute atomic E-state index is 0.109. The Morgan fingerprint density at radius 3 is 2.47 bits per heavy atom. The molecule has 2 amide bonds. The lowest BCUT2D eigenvalue weighted by atomic mass is 10.2. The van der Waals surface area contributed by atoms with Gasteiger partial charge in [0, 0.05) is 13.0 Å². The third-order valence-corrected chi connectivity index (χ3v) is 1.72. The number of esters is 1. The SMILES string of the molecule is CCOC(=O)CNC(=O)N[C@@H](CCO)C(=O)O. The first-order valence-electron chi connectivity index (χ1n) is 5.04. The minimum Gasteiger partial charge on any atom is -0.480 e. The van der Waals surface area contributed by atoms with E-state index < -0.39 is 24.0 Å². The fourth-order valence-corrected chi connectivity index (χ4v) is 0.960. The van der Waals surface area contributed by atoms with E-state index in [4.69, 9.17) is 10.2 Å². The van der Waals surface area contributed by atoms with Crippen molar-refractivity contribution in [2.45, 2.75) is 19.4 Å². The third kappa shape index (κ3) is 7.12. The molecule has 0 aromatic carbocycles. The molecule has 98 valence electrons. The van der Waals surface area contributed by atoms with Crippen molar-refractivity contribution in [2.24, 2.45) is 0 Å². The van der Waals surface area contributed by atoms with E-state index in [-0.39, 0.29) is 26.2 Å². The molecule has 0 spiro atoms. The highest BCUT2D eigenvalue weighted by Gasteiger charge is 2.19. The van der Waals surface area contributed by atoms with E-state index in [1.165, 1.54) is 0 Å². The van der Waals surface area contributed by atoms with Gasteiger partial charge in [0.25, 0.3) is 0 Å².